The number of nitrogens with zero attached hydrogens (tertiary/aromatic N) is 2. The minimum absolute atomic E-state index is 0.160. The first-order valence-electron chi connectivity index (χ1n) is 8.58. The smallest absolute Gasteiger partial charge is 0.337 e. The Hall–Kier alpha value is -3.02. The second kappa shape index (κ2) is 9.26. The van der Waals surface area contributed by atoms with Crippen LogP contribution in [0.5, 0.6) is 0 Å². The standard InChI is InChI=1S/C16H20N2O10/c19-11-1-2-12(20)18(11)28-16(26)10(8-14(23)24)9(7-13(21)22)15(25)17-3-5-27-6-4-17/h9-10H,1-8H2,(H,21,22)(H,23,24)/t9-,10-/m1/s1. The number of carbonyl (C=O) groups excluding carboxylic acids is 4. The zero-order valence-electron chi connectivity index (χ0n) is 14.9. The van der Waals surface area contributed by atoms with Crippen molar-refractivity contribution >= 4 is 35.6 Å². The molecule has 2 saturated heterocycles. The second-order valence-corrected chi connectivity index (χ2v) is 6.34. The van der Waals surface area contributed by atoms with E-state index in [0.29, 0.717) is 0 Å². The van der Waals surface area contributed by atoms with Crippen molar-refractivity contribution in [1.29, 1.82) is 0 Å². The third-order valence-corrected chi connectivity index (χ3v) is 4.40. The maximum Gasteiger partial charge on any atom is 0.337 e. The summed E-state index contributed by atoms with van der Waals surface area (Å²) in [5.74, 6) is -9.71. The molecule has 12 heteroatoms. The molecule has 0 aromatic heterocycles. The molecule has 3 amide bonds. The number of aliphatic carboxylic acids is 2. The molecule has 0 spiro atoms. The molecule has 0 aliphatic carbocycles. The fraction of sp³-hybridized carbons (Fsp3) is 0.625. The molecule has 0 unspecified atom stereocenters. The molecule has 0 radical (unpaired) electrons. The summed E-state index contributed by atoms with van der Waals surface area (Å²) in [6.45, 7) is 0.756. The number of hydrogen-bond donors (Lipinski definition) is 2. The van der Waals surface area contributed by atoms with E-state index < -0.39 is 60.3 Å². The van der Waals surface area contributed by atoms with E-state index in [1.807, 2.05) is 0 Å². The van der Waals surface area contributed by atoms with Crippen molar-refractivity contribution < 1.29 is 48.6 Å². The van der Waals surface area contributed by atoms with Crippen LogP contribution in [0.25, 0.3) is 0 Å². The van der Waals surface area contributed by atoms with Gasteiger partial charge in [-0.3, -0.25) is 24.0 Å². The minimum Gasteiger partial charge on any atom is -0.481 e. The van der Waals surface area contributed by atoms with Crippen molar-refractivity contribution in [1.82, 2.24) is 9.96 Å². The number of carboxylic acids is 2. The lowest BCUT2D eigenvalue weighted by atomic mass is 9.85. The first kappa shape index (κ1) is 21.3. The van der Waals surface area contributed by atoms with Crippen LogP contribution in [-0.2, 0) is 38.3 Å². The van der Waals surface area contributed by atoms with E-state index in [0.717, 1.165) is 0 Å². The molecule has 12 nitrogen and oxygen atoms in total. The topological polar surface area (TPSA) is 168 Å². The molecule has 0 aromatic carbocycles. The highest BCUT2D eigenvalue weighted by Gasteiger charge is 2.43. The van der Waals surface area contributed by atoms with Gasteiger partial charge in [-0.1, -0.05) is 0 Å². The summed E-state index contributed by atoms with van der Waals surface area (Å²) in [7, 11) is 0. The number of amides is 3. The molecular weight excluding hydrogens is 380 g/mol. The molecule has 2 rings (SSSR count). The maximum absolute atomic E-state index is 12.8. The third kappa shape index (κ3) is 5.25. The van der Waals surface area contributed by atoms with Crippen LogP contribution in [0.3, 0.4) is 0 Å². The number of carbonyl (C=O) groups is 6. The van der Waals surface area contributed by atoms with E-state index in [4.69, 9.17) is 19.8 Å². The van der Waals surface area contributed by atoms with Crippen LogP contribution < -0.4 is 0 Å². The van der Waals surface area contributed by atoms with E-state index >= 15 is 0 Å². The van der Waals surface area contributed by atoms with Crippen LogP contribution in [0.15, 0.2) is 0 Å². The Balaban J connectivity index is 2.25. The molecule has 2 heterocycles. The van der Waals surface area contributed by atoms with Crippen molar-refractivity contribution in [2.24, 2.45) is 11.8 Å². The fourth-order valence-electron chi connectivity index (χ4n) is 3.00. The molecule has 2 N–H and O–H groups in total. The summed E-state index contributed by atoms with van der Waals surface area (Å²) in [4.78, 5) is 77.0. The van der Waals surface area contributed by atoms with E-state index in [1.54, 1.807) is 0 Å². The number of hydroxylamine groups is 2. The summed E-state index contributed by atoms with van der Waals surface area (Å²) in [5, 5.41) is 18.5. The van der Waals surface area contributed by atoms with Gasteiger partial charge in [-0.15, -0.1) is 5.06 Å². The number of morpholine rings is 1. The van der Waals surface area contributed by atoms with E-state index in [-0.39, 0.29) is 44.2 Å². The Morgan fingerprint density at radius 2 is 1.43 bits per heavy atom. The summed E-state index contributed by atoms with van der Waals surface area (Å²) in [6.07, 6.45) is -2.05. The van der Waals surface area contributed by atoms with Crippen molar-refractivity contribution in [3.05, 3.63) is 0 Å². The predicted molar refractivity (Wildman–Crippen MR) is 86.1 cm³/mol. The molecule has 2 aliphatic rings. The van der Waals surface area contributed by atoms with Crippen LogP contribution in [0.2, 0.25) is 0 Å². The van der Waals surface area contributed by atoms with Gasteiger partial charge in [-0.25, -0.2) is 4.79 Å². The molecule has 28 heavy (non-hydrogen) atoms. The molecule has 0 bridgehead atoms. The molecule has 2 fully saturated rings. The monoisotopic (exact) mass is 400 g/mol. The molecular formula is C16H20N2O10. The largest absolute Gasteiger partial charge is 0.481 e. The van der Waals surface area contributed by atoms with Gasteiger partial charge in [-0.05, 0) is 0 Å². The van der Waals surface area contributed by atoms with Crippen molar-refractivity contribution in [3.63, 3.8) is 0 Å². The van der Waals surface area contributed by atoms with E-state index in [9.17, 15) is 28.8 Å². The quantitative estimate of drug-likeness (QED) is 0.464. The molecule has 2 atom stereocenters. The predicted octanol–water partition coefficient (Wildman–Crippen LogP) is -1.37. The van der Waals surface area contributed by atoms with Gasteiger partial charge in [0.25, 0.3) is 11.8 Å². The van der Waals surface area contributed by atoms with Crippen molar-refractivity contribution in [3.8, 4) is 0 Å². The first-order chi connectivity index (χ1) is 13.2. The number of rotatable bonds is 8. The van der Waals surface area contributed by atoms with Crippen molar-refractivity contribution in [2.75, 3.05) is 26.3 Å². The summed E-state index contributed by atoms with van der Waals surface area (Å²) < 4.78 is 5.12. The Bertz CT molecular complexity index is 669. The van der Waals surface area contributed by atoms with Crippen LogP contribution in [-0.4, -0.2) is 82.1 Å². The Labute approximate surface area is 158 Å². The Morgan fingerprint density at radius 1 is 0.929 bits per heavy atom. The Kier molecular flexibility index (Phi) is 7.04. The molecule has 0 saturated carbocycles. The zero-order valence-corrected chi connectivity index (χ0v) is 14.9. The van der Waals surface area contributed by atoms with Crippen LogP contribution in [0.4, 0.5) is 0 Å². The lowest BCUT2D eigenvalue weighted by Crippen LogP contribution is -2.48. The highest BCUT2D eigenvalue weighted by molar-refractivity contribution is 6.02. The normalized spacial score (nSPS) is 19.3. The van der Waals surface area contributed by atoms with Gasteiger partial charge in [0.05, 0.1) is 37.9 Å². The Morgan fingerprint density at radius 3 is 1.93 bits per heavy atom. The SMILES string of the molecule is O=C(O)C[C@@H](C(=O)ON1C(=O)CCC1=O)[C@@H](CC(=O)O)C(=O)N1CCOCC1. The third-order valence-electron chi connectivity index (χ3n) is 4.40. The van der Waals surface area contributed by atoms with Crippen LogP contribution in [0.1, 0.15) is 25.7 Å². The highest BCUT2D eigenvalue weighted by Crippen LogP contribution is 2.26. The average molecular weight is 400 g/mol. The lowest BCUT2D eigenvalue weighted by Gasteiger charge is -2.32. The highest BCUT2D eigenvalue weighted by atomic mass is 16.7. The average Bonchev–Trinajstić information content (AvgIpc) is 2.96. The van der Waals surface area contributed by atoms with Crippen LogP contribution in [0, 0.1) is 11.8 Å². The summed E-state index contributed by atoms with van der Waals surface area (Å²) in [5.41, 5.74) is 0. The number of carboxylic acid groups (broad SMARTS) is 2. The lowest BCUT2D eigenvalue weighted by molar-refractivity contribution is -0.203. The minimum atomic E-state index is -1.69. The number of ether oxygens (including phenoxy) is 1. The molecule has 154 valence electrons. The fourth-order valence-corrected chi connectivity index (χ4v) is 3.00. The second-order valence-electron chi connectivity index (χ2n) is 6.34. The van der Waals surface area contributed by atoms with Crippen LogP contribution >= 0.6 is 0 Å². The zero-order chi connectivity index (χ0) is 20.8. The van der Waals surface area contributed by atoms with E-state index in [2.05, 4.69) is 0 Å². The summed E-state index contributed by atoms with van der Waals surface area (Å²) >= 11 is 0. The first-order valence-corrected chi connectivity index (χ1v) is 8.58. The summed E-state index contributed by atoms with van der Waals surface area (Å²) in [6, 6.07) is 0. The van der Waals surface area contributed by atoms with Gasteiger partial charge >= 0.3 is 17.9 Å². The van der Waals surface area contributed by atoms with Gasteiger partial charge < -0.3 is 24.7 Å². The van der Waals surface area contributed by atoms with Gasteiger partial charge in [0.1, 0.15) is 0 Å². The maximum atomic E-state index is 12.8. The van der Waals surface area contributed by atoms with E-state index in [1.165, 1.54) is 4.90 Å². The van der Waals surface area contributed by atoms with Gasteiger partial charge in [0, 0.05) is 25.9 Å². The van der Waals surface area contributed by atoms with Gasteiger partial charge in [-0.2, -0.15) is 0 Å². The van der Waals surface area contributed by atoms with Crippen molar-refractivity contribution in [2.45, 2.75) is 25.7 Å². The molecule has 0 aromatic rings. The van der Waals surface area contributed by atoms with Gasteiger partial charge in [0.15, 0.2) is 0 Å². The number of hydrogen-bond acceptors (Lipinski definition) is 8. The van der Waals surface area contributed by atoms with Gasteiger partial charge in [0.2, 0.25) is 5.91 Å². The number of imide groups is 1. The molecule has 2 aliphatic heterocycles.